The number of phenols is 4. The summed E-state index contributed by atoms with van der Waals surface area (Å²) < 4.78 is 11.1. The van der Waals surface area contributed by atoms with Crippen LogP contribution in [0.15, 0.2) is 72.9 Å². The molecule has 6 N–H and O–H groups in total. The largest absolute Gasteiger partial charge is 0.508 e. The van der Waals surface area contributed by atoms with Crippen molar-refractivity contribution in [2.24, 2.45) is 5.92 Å². The number of aromatic hydroxyl groups is 4. The van der Waals surface area contributed by atoms with E-state index in [0.717, 1.165) is 51.6 Å². The van der Waals surface area contributed by atoms with Gasteiger partial charge in [0.05, 0.1) is 19.8 Å². The fourth-order valence-electron chi connectivity index (χ4n) is 7.65. The zero-order valence-electron chi connectivity index (χ0n) is 28.4. The molecule has 0 saturated heterocycles. The summed E-state index contributed by atoms with van der Waals surface area (Å²) in [7, 11) is 1.41. The van der Waals surface area contributed by atoms with E-state index in [1.807, 2.05) is 36.4 Å². The van der Waals surface area contributed by atoms with Gasteiger partial charge in [-0.3, -0.25) is 4.79 Å². The molecule has 0 unspecified atom stereocenters. The summed E-state index contributed by atoms with van der Waals surface area (Å²) in [5.74, 6) is -0.515. The third-order valence-electron chi connectivity index (χ3n) is 10.4. The number of benzene rings is 4. The van der Waals surface area contributed by atoms with Crippen molar-refractivity contribution in [2.45, 2.75) is 63.4 Å². The Labute approximate surface area is 296 Å². The first-order valence-electron chi connectivity index (χ1n) is 17.4. The van der Waals surface area contributed by atoms with Crippen LogP contribution in [0.1, 0.15) is 59.4 Å². The van der Waals surface area contributed by atoms with Crippen LogP contribution in [0.25, 0.3) is 10.8 Å². The van der Waals surface area contributed by atoms with Gasteiger partial charge in [0.1, 0.15) is 17.4 Å². The number of fused-ring (bicyclic) bond motifs is 6. The first kappa shape index (κ1) is 34.0. The summed E-state index contributed by atoms with van der Waals surface area (Å²) in [5, 5.41) is 58.8. The Hall–Kier alpha value is -5.48. The minimum absolute atomic E-state index is 0.0732. The number of aromatic nitrogens is 1. The first-order valence-corrected chi connectivity index (χ1v) is 17.4. The maximum absolute atomic E-state index is 14.5. The van der Waals surface area contributed by atoms with Gasteiger partial charge in [-0.2, -0.15) is 0 Å². The molecule has 0 aliphatic carbocycles. The molecule has 5 aromatic rings. The second-order valence-electron chi connectivity index (χ2n) is 13.6. The lowest BCUT2D eigenvalue weighted by Gasteiger charge is -2.26. The second kappa shape index (κ2) is 14.4. The first-order chi connectivity index (χ1) is 24.7. The molecule has 4 aromatic carbocycles. The van der Waals surface area contributed by atoms with Crippen molar-refractivity contribution in [3.05, 3.63) is 101 Å². The van der Waals surface area contributed by atoms with Crippen LogP contribution in [-0.4, -0.2) is 56.1 Å². The molecule has 51 heavy (non-hydrogen) atoms. The van der Waals surface area contributed by atoms with Gasteiger partial charge in [0.25, 0.3) is 0 Å². The van der Waals surface area contributed by atoms with E-state index in [9.17, 15) is 30.3 Å². The zero-order chi connectivity index (χ0) is 35.6. The van der Waals surface area contributed by atoms with Crippen LogP contribution in [0.2, 0.25) is 0 Å². The summed E-state index contributed by atoms with van der Waals surface area (Å²) in [6.07, 6.45) is 4.53. The average Bonchev–Trinajstić information content (AvgIpc) is 3.14. The number of carbonyl (C=O) groups is 1. The van der Waals surface area contributed by atoms with E-state index in [4.69, 9.17) is 9.47 Å². The number of ether oxygens (including phenoxy) is 2. The Morgan fingerprint density at radius 2 is 1.80 bits per heavy atom. The van der Waals surface area contributed by atoms with Gasteiger partial charge in [0.2, 0.25) is 5.75 Å². The Bertz CT molecular complexity index is 2100. The molecule has 10 heteroatoms. The highest BCUT2D eigenvalue weighted by Gasteiger charge is 2.31. The number of rotatable bonds is 6. The molecule has 7 rings (SSSR count). The molecule has 264 valence electrons. The fraction of sp³-hybridized carbons (Fsp3) is 0.317. The number of aliphatic hydroxyl groups is 1. The molecular weight excluding hydrogens is 648 g/mol. The van der Waals surface area contributed by atoms with Crippen LogP contribution in [0.3, 0.4) is 0 Å². The van der Waals surface area contributed by atoms with Gasteiger partial charge in [-0.15, -0.1) is 0 Å². The monoisotopic (exact) mass is 690 g/mol. The number of aliphatic hydroxyl groups excluding tert-OH is 1. The van der Waals surface area contributed by atoms with Crippen molar-refractivity contribution < 1.29 is 39.8 Å². The number of Topliss-reactive ketones (excluding diaryl/α,β-unsaturated/α-hetero) is 1. The van der Waals surface area contributed by atoms with Crippen molar-refractivity contribution >= 4 is 28.1 Å². The topological polar surface area (TPSA) is 162 Å². The van der Waals surface area contributed by atoms with E-state index in [2.05, 4.69) is 10.3 Å². The fourth-order valence-corrected chi connectivity index (χ4v) is 7.65. The van der Waals surface area contributed by atoms with Crippen molar-refractivity contribution in [3.63, 3.8) is 0 Å². The number of anilines is 2. The predicted octanol–water partition coefficient (Wildman–Crippen LogP) is 6.98. The van der Waals surface area contributed by atoms with Crippen LogP contribution < -0.4 is 14.8 Å². The summed E-state index contributed by atoms with van der Waals surface area (Å²) in [6.45, 7) is 0.544. The highest BCUT2D eigenvalue weighted by Crippen LogP contribution is 2.42. The molecule has 2 aliphatic rings. The SMILES string of the molecule is COc1cc([C@H]2CCc3c(ccc4cc(O)ccc34)Nc3cc(ccn3)C[C@@H]([C@H](O)CCc3ccc(O)c4c3CCCO4)C(=O)C2)cc(O)c1O. The van der Waals surface area contributed by atoms with Crippen molar-refractivity contribution in [1.82, 2.24) is 4.98 Å². The minimum atomic E-state index is -0.974. The van der Waals surface area contributed by atoms with Crippen LogP contribution in [-0.2, 0) is 30.5 Å². The number of methoxy groups -OCH3 is 1. The number of aryl methyl sites for hydroxylation is 2. The lowest BCUT2D eigenvalue weighted by molar-refractivity contribution is -0.127. The number of nitrogens with zero attached hydrogens (tertiary/aromatic N) is 1. The average molecular weight is 691 g/mol. The van der Waals surface area contributed by atoms with Gasteiger partial charge < -0.3 is 40.3 Å². The third kappa shape index (κ3) is 7.09. The van der Waals surface area contributed by atoms with Crippen molar-refractivity contribution in [1.29, 1.82) is 0 Å². The molecule has 2 bridgehead atoms. The number of phenolic OH excluding ortho intramolecular Hbond substituents is 4. The Balaban J connectivity index is 1.26. The second-order valence-corrected chi connectivity index (χ2v) is 13.6. The van der Waals surface area contributed by atoms with Crippen LogP contribution in [0.5, 0.6) is 34.5 Å². The van der Waals surface area contributed by atoms with E-state index in [0.29, 0.717) is 49.4 Å². The molecule has 1 aromatic heterocycles. The van der Waals surface area contributed by atoms with E-state index in [-0.39, 0.29) is 47.4 Å². The summed E-state index contributed by atoms with van der Waals surface area (Å²) in [4.78, 5) is 19.1. The normalized spacial score (nSPS) is 18.2. The maximum atomic E-state index is 14.5. The maximum Gasteiger partial charge on any atom is 0.200 e. The lowest BCUT2D eigenvalue weighted by atomic mass is 9.80. The summed E-state index contributed by atoms with van der Waals surface area (Å²) in [6, 6.07) is 19.5. The molecule has 2 aliphatic heterocycles. The summed E-state index contributed by atoms with van der Waals surface area (Å²) >= 11 is 0. The van der Waals surface area contributed by atoms with Gasteiger partial charge in [-0.05, 0) is 132 Å². The smallest absolute Gasteiger partial charge is 0.200 e. The van der Waals surface area contributed by atoms with Crippen molar-refractivity contribution in [3.8, 4) is 34.5 Å². The standard InChI is InChI=1S/C41H42N2O8/c1-50-38-22-27(21-37(48)40(38)49)25-4-9-31-29-10-8-28(44)19-26(29)5-11-33(31)43-39-18-23(14-15-42-39)17-32(36(47)20-25)34(45)12-6-24-7-13-35(46)41-30(24)3-2-16-51-41/h5,7-8,10-11,13-15,18-19,21-22,25,32,34,44-46,48-49H,2-4,6,9,12,16-17,20H2,1H3,(H,42,43)/t25-,32-,34+/m0/s1. The van der Waals surface area contributed by atoms with Crippen molar-refractivity contribution in [2.75, 3.05) is 19.0 Å². The van der Waals surface area contributed by atoms with Gasteiger partial charge in [0.15, 0.2) is 23.0 Å². The van der Waals surface area contributed by atoms with E-state index >= 15 is 0 Å². The summed E-state index contributed by atoms with van der Waals surface area (Å²) in [5.41, 5.74) is 5.21. The van der Waals surface area contributed by atoms with Gasteiger partial charge >= 0.3 is 0 Å². The molecule has 0 amide bonds. The molecule has 3 heterocycles. The number of hydrogen-bond donors (Lipinski definition) is 6. The Kier molecular flexibility index (Phi) is 9.60. The predicted molar refractivity (Wildman–Crippen MR) is 194 cm³/mol. The highest BCUT2D eigenvalue weighted by atomic mass is 16.5. The van der Waals surface area contributed by atoms with Crippen LogP contribution in [0.4, 0.5) is 11.5 Å². The third-order valence-corrected chi connectivity index (χ3v) is 10.4. The molecule has 0 saturated carbocycles. The Morgan fingerprint density at radius 1 is 0.941 bits per heavy atom. The van der Waals surface area contributed by atoms with Gasteiger partial charge in [-0.1, -0.05) is 18.2 Å². The molecule has 0 fully saturated rings. The number of hydrogen-bond acceptors (Lipinski definition) is 10. The van der Waals surface area contributed by atoms with E-state index in [1.165, 1.54) is 13.2 Å². The van der Waals surface area contributed by atoms with Gasteiger partial charge in [-0.25, -0.2) is 4.98 Å². The quantitative estimate of drug-likeness (QED) is 0.103. The minimum Gasteiger partial charge on any atom is -0.508 e. The number of carbonyl (C=O) groups excluding carboxylic acids is 1. The highest BCUT2D eigenvalue weighted by molar-refractivity contribution is 5.92. The lowest BCUT2D eigenvalue weighted by Crippen LogP contribution is -2.32. The van der Waals surface area contributed by atoms with Crippen LogP contribution in [0, 0.1) is 5.92 Å². The molecule has 0 radical (unpaired) electrons. The van der Waals surface area contributed by atoms with Crippen LogP contribution >= 0.6 is 0 Å². The van der Waals surface area contributed by atoms with E-state index < -0.39 is 17.9 Å². The zero-order valence-corrected chi connectivity index (χ0v) is 28.4. The van der Waals surface area contributed by atoms with E-state index in [1.54, 1.807) is 30.5 Å². The molecular formula is C41H42N2O8. The number of pyridine rings is 1. The molecule has 3 atom stereocenters. The molecule has 0 spiro atoms. The number of nitrogens with one attached hydrogen (secondary N) is 1. The number of ketones is 1. The Morgan fingerprint density at radius 3 is 2.65 bits per heavy atom. The van der Waals surface area contributed by atoms with Gasteiger partial charge in [0, 0.05) is 29.8 Å². The molecule has 10 nitrogen and oxygen atoms in total.